The molecule has 0 fully saturated rings. The Morgan fingerprint density at radius 3 is 2.47 bits per heavy atom. The molecule has 0 bridgehead atoms. The topological polar surface area (TPSA) is 38.7 Å². The van der Waals surface area contributed by atoms with Gasteiger partial charge in [-0.1, -0.05) is 20.8 Å². The summed E-state index contributed by atoms with van der Waals surface area (Å²) in [6.07, 6.45) is -0.290. The molecule has 1 aliphatic rings. The number of fused-ring (bicyclic) bond motifs is 1. The fraction of sp³-hybridized carbons (Fsp3) is 0.625. The molecule has 0 saturated carbocycles. The Kier molecular flexibility index (Phi) is 3.29. The zero-order chi connectivity index (χ0) is 14.4. The van der Waals surface area contributed by atoms with Crippen LogP contribution in [0.2, 0.25) is 0 Å². The van der Waals surface area contributed by atoms with Crippen molar-refractivity contribution in [2.24, 2.45) is 0 Å². The van der Waals surface area contributed by atoms with Gasteiger partial charge in [0, 0.05) is 17.7 Å². The molecule has 0 radical (unpaired) electrons. The number of ether oxygens (including phenoxy) is 2. The van der Waals surface area contributed by atoms with E-state index < -0.39 is 0 Å². The first kappa shape index (κ1) is 14.2. The van der Waals surface area contributed by atoms with Crippen molar-refractivity contribution in [3.63, 3.8) is 0 Å². The summed E-state index contributed by atoms with van der Waals surface area (Å²) in [5.41, 5.74) is 1.55. The molecular weight excluding hydrogens is 240 g/mol. The SMILES string of the molecule is CCOC1Oc2cc(C(C)(C)C)c(O)cc2C1(C)C. The molecule has 1 unspecified atom stereocenters. The normalized spacial score (nSPS) is 21.1. The molecule has 0 saturated heterocycles. The van der Waals surface area contributed by atoms with E-state index in [-0.39, 0.29) is 17.1 Å². The van der Waals surface area contributed by atoms with Gasteiger partial charge in [-0.15, -0.1) is 0 Å². The first-order chi connectivity index (χ1) is 8.67. The summed E-state index contributed by atoms with van der Waals surface area (Å²) in [6, 6.07) is 3.78. The zero-order valence-corrected chi connectivity index (χ0v) is 12.7. The highest BCUT2D eigenvalue weighted by Crippen LogP contribution is 2.47. The summed E-state index contributed by atoms with van der Waals surface area (Å²) in [4.78, 5) is 0. The van der Waals surface area contributed by atoms with E-state index in [2.05, 4.69) is 34.6 Å². The average molecular weight is 264 g/mol. The minimum atomic E-state index is -0.290. The Hall–Kier alpha value is -1.22. The molecule has 0 spiro atoms. The second-order valence-corrected chi connectivity index (χ2v) is 6.74. The monoisotopic (exact) mass is 264 g/mol. The van der Waals surface area contributed by atoms with Gasteiger partial charge in [0.25, 0.3) is 0 Å². The van der Waals surface area contributed by atoms with Gasteiger partial charge in [0.2, 0.25) is 6.29 Å². The van der Waals surface area contributed by atoms with E-state index in [4.69, 9.17) is 9.47 Å². The minimum Gasteiger partial charge on any atom is -0.508 e. The lowest BCUT2D eigenvalue weighted by Crippen LogP contribution is -2.34. The first-order valence-corrected chi connectivity index (χ1v) is 6.84. The van der Waals surface area contributed by atoms with Gasteiger partial charge in [-0.3, -0.25) is 0 Å². The second kappa shape index (κ2) is 4.41. The van der Waals surface area contributed by atoms with Gasteiger partial charge in [0.05, 0.1) is 5.41 Å². The van der Waals surface area contributed by atoms with Gasteiger partial charge in [0.1, 0.15) is 11.5 Å². The van der Waals surface area contributed by atoms with Gasteiger partial charge in [-0.2, -0.15) is 0 Å². The van der Waals surface area contributed by atoms with E-state index in [0.29, 0.717) is 12.4 Å². The lowest BCUT2D eigenvalue weighted by Gasteiger charge is -2.25. The van der Waals surface area contributed by atoms with Crippen LogP contribution in [0.5, 0.6) is 11.5 Å². The Bertz CT molecular complexity index is 484. The number of phenolic OH excluding ortho intramolecular Hbond substituents is 1. The van der Waals surface area contributed by atoms with Crippen molar-refractivity contribution in [2.45, 2.75) is 58.7 Å². The molecule has 0 aromatic heterocycles. The molecule has 2 rings (SSSR count). The molecule has 0 aliphatic carbocycles. The molecule has 1 aromatic rings. The molecule has 106 valence electrons. The number of hydrogen-bond donors (Lipinski definition) is 1. The lowest BCUT2D eigenvalue weighted by molar-refractivity contribution is -0.0982. The van der Waals surface area contributed by atoms with Gasteiger partial charge in [-0.05, 0) is 38.3 Å². The van der Waals surface area contributed by atoms with Crippen LogP contribution in [0.3, 0.4) is 0 Å². The first-order valence-electron chi connectivity index (χ1n) is 6.84. The summed E-state index contributed by atoms with van der Waals surface area (Å²) >= 11 is 0. The zero-order valence-electron chi connectivity index (χ0n) is 12.7. The van der Waals surface area contributed by atoms with Crippen LogP contribution in [0, 0.1) is 0 Å². The molecule has 1 aromatic carbocycles. The smallest absolute Gasteiger partial charge is 0.209 e. The number of aromatic hydroxyl groups is 1. The number of benzene rings is 1. The third kappa shape index (κ3) is 2.32. The average Bonchev–Trinajstić information content (AvgIpc) is 2.50. The molecule has 3 heteroatoms. The van der Waals surface area contributed by atoms with E-state index >= 15 is 0 Å². The maximum Gasteiger partial charge on any atom is 0.209 e. The lowest BCUT2D eigenvalue weighted by atomic mass is 9.81. The summed E-state index contributed by atoms with van der Waals surface area (Å²) in [5, 5.41) is 10.3. The minimum absolute atomic E-state index is 0.115. The van der Waals surface area contributed by atoms with Gasteiger partial charge in [-0.25, -0.2) is 0 Å². The molecule has 1 heterocycles. The van der Waals surface area contributed by atoms with Crippen molar-refractivity contribution in [1.82, 2.24) is 0 Å². The third-order valence-corrected chi connectivity index (χ3v) is 3.74. The van der Waals surface area contributed by atoms with Crippen molar-refractivity contribution in [3.05, 3.63) is 23.3 Å². The van der Waals surface area contributed by atoms with E-state index in [0.717, 1.165) is 16.9 Å². The van der Waals surface area contributed by atoms with E-state index in [1.807, 2.05) is 19.1 Å². The molecular formula is C16H24O3. The van der Waals surface area contributed by atoms with Gasteiger partial charge >= 0.3 is 0 Å². The van der Waals surface area contributed by atoms with Crippen molar-refractivity contribution < 1.29 is 14.6 Å². The molecule has 1 N–H and O–H groups in total. The standard InChI is InChI=1S/C16H24O3/c1-7-18-14-16(5,6)11-8-12(17)10(15(2,3)4)9-13(11)19-14/h8-9,14,17H,7H2,1-6H3. The Morgan fingerprint density at radius 1 is 1.32 bits per heavy atom. The molecule has 1 aliphatic heterocycles. The van der Waals surface area contributed by atoms with E-state index in [9.17, 15) is 5.11 Å². The summed E-state index contributed by atoms with van der Waals surface area (Å²) in [6.45, 7) is 13.0. The molecule has 1 atom stereocenters. The summed E-state index contributed by atoms with van der Waals surface area (Å²) in [7, 11) is 0. The van der Waals surface area contributed by atoms with Crippen LogP contribution in [0.25, 0.3) is 0 Å². The van der Waals surface area contributed by atoms with Crippen molar-refractivity contribution in [1.29, 1.82) is 0 Å². The number of phenols is 1. The Labute approximate surface area is 115 Å². The van der Waals surface area contributed by atoms with Gasteiger partial charge in [0.15, 0.2) is 0 Å². The van der Waals surface area contributed by atoms with E-state index in [1.165, 1.54) is 0 Å². The predicted molar refractivity (Wildman–Crippen MR) is 75.9 cm³/mol. The summed E-state index contributed by atoms with van der Waals surface area (Å²) < 4.78 is 11.6. The number of rotatable bonds is 2. The largest absolute Gasteiger partial charge is 0.508 e. The highest BCUT2D eigenvalue weighted by Gasteiger charge is 2.43. The highest BCUT2D eigenvalue weighted by atomic mass is 16.7. The van der Waals surface area contributed by atoms with E-state index in [1.54, 1.807) is 0 Å². The van der Waals surface area contributed by atoms with Crippen molar-refractivity contribution in [2.75, 3.05) is 6.61 Å². The second-order valence-electron chi connectivity index (χ2n) is 6.74. The quantitative estimate of drug-likeness (QED) is 0.884. The van der Waals surface area contributed by atoms with Crippen LogP contribution in [0.4, 0.5) is 0 Å². The maximum absolute atomic E-state index is 10.3. The molecule has 0 amide bonds. The third-order valence-electron chi connectivity index (χ3n) is 3.74. The molecule has 19 heavy (non-hydrogen) atoms. The van der Waals surface area contributed by atoms with Crippen LogP contribution < -0.4 is 4.74 Å². The predicted octanol–water partition coefficient (Wildman–Crippen LogP) is 3.72. The fourth-order valence-electron chi connectivity index (χ4n) is 2.55. The van der Waals surface area contributed by atoms with Crippen molar-refractivity contribution >= 4 is 0 Å². The molecule has 3 nitrogen and oxygen atoms in total. The van der Waals surface area contributed by atoms with Gasteiger partial charge < -0.3 is 14.6 Å². The highest BCUT2D eigenvalue weighted by molar-refractivity contribution is 5.53. The van der Waals surface area contributed by atoms with Crippen LogP contribution in [0.15, 0.2) is 12.1 Å². The number of hydrogen-bond acceptors (Lipinski definition) is 3. The summed E-state index contributed by atoms with van der Waals surface area (Å²) in [5.74, 6) is 1.16. The van der Waals surface area contributed by atoms with Crippen LogP contribution in [-0.2, 0) is 15.6 Å². The van der Waals surface area contributed by atoms with Crippen molar-refractivity contribution in [3.8, 4) is 11.5 Å². The van der Waals surface area contributed by atoms with Crippen LogP contribution in [0.1, 0.15) is 52.7 Å². The fourth-order valence-corrected chi connectivity index (χ4v) is 2.55. The Morgan fingerprint density at radius 2 is 1.95 bits per heavy atom. The maximum atomic E-state index is 10.3. The van der Waals surface area contributed by atoms with Crippen LogP contribution >= 0.6 is 0 Å². The Balaban J connectivity index is 2.49. The van der Waals surface area contributed by atoms with Crippen LogP contribution in [-0.4, -0.2) is 18.0 Å².